The Bertz CT molecular complexity index is 97.7. The first kappa shape index (κ1) is 10.5. The zero-order valence-electron chi connectivity index (χ0n) is 7.84. The predicted molar refractivity (Wildman–Crippen MR) is 47.4 cm³/mol. The van der Waals surface area contributed by atoms with Crippen molar-refractivity contribution < 1.29 is 4.79 Å². The maximum atomic E-state index is 10.4. The molecule has 0 bridgehead atoms. The maximum Gasteiger partial charge on any atom is 0.209 e. The summed E-state index contributed by atoms with van der Waals surface area (Å²) in [6, 6.07) is 0.461. The van der Waals surface area contributed by atoms with E-state index in [1.807, 2.05) is 7.05 Å². The van der Waals surface area contributed by atoms with Gasteiger partial charge in [0.15, 0.2) is 0 Å². The largest absolute Gasteiger partial charge is 0.345 e. The maximum absolute atomic E-state index is 10.4. The first-order valence-corrected chi connectivity index (χ1v) is 4.43. The van der Waals surface area contributed by atoms with E-state index in [1.165, 1.54) is 0 Å². The first-order chi connectivity index (χ1) is 5.26. The number of hydrogen-bond donors (Lipinski definition) is 0. The van der Waals surface area contributed by atoms with Gasteiger partial charge in [-0.2, -0.15) is 0 Å². The van der Waals surface area contributed by atoms with Crippen LogP contribution < -0.4 is 0 Å². The average molecular weight is 157 g/mol. The second-order valence-electron chi connectivity index (χ2n) is 3.00. The van der Waals surface area contributed by atoms with E-state index in [4.69, 9.17) is 0 Å². The van der Waals surface area contributed by atoms with Crippen LogP contribution in [0.4, 0.5) is 0 Å². The Morgan fingerprint density at radius 3 is 2.00 bits per heavy atom. The van der Waals surface area contributed by atoms with Crippen molar-refractivity contribution in [2.75, 3.05) is 7.05 Å². The van der Waals surface area contributed by atoms with E-state index in [1.54, 1.807) is 4.90 Å². The molecule has 0 heterocycles. The topological polar surface area (TPSA) is 20.3 Å². The molecule has 0 aliphatic heterocycles. The summed E-state index contributed by atoms with van der Waals surface area (Å²) in [6.45, 7) is 4.31. The van der Waals surface area contributed by atoms with Gasteiger partial charge in [0.25, 0.3) is 0 Å². The average Bonchev–Trinajstić information content (AvgIpc) is 2.03. The normalized spacial score (nSPS) is 10.2. The van der Waals surface area contributed by atoms with Gasteiger partial charge in [-0.1, -0.05) is 26.7 Å². The summed E-state index contributed by atoms with van der Waals surface area (Å²) in [5, 5.41) is 0. The Kier molecular flexibility index (Phi) is 5.90. The van der Waals surface area contributed by atoms with Gasteiger partial charge in [0.2, 0.25) is 6.41 Å². The van der Waals surface area contributed by atoms with Crippen LogP contribution in [-0.2, 0) is 4.79 Å². The van der Waals surface area contributed by atoms with Crippen molar-refractivity contribution in [3.63, 3.8) is 0 Å². The van der Waals surface area contributed by atoms with Gasteiger partial charge in [-0.05, 0) is 12.8 Å². The number of nitrogens with zero attached hydrogens (tertiary/aromatic N) is 1. The number of hydrogen-bond acceptors (Lipinski definition) is 1. The Morgan fingerprint density at radius 1 is 1.27 bits per heavy atom. The number of amides is 1. The monoisotopic (exact) mass is 157 g/mol. The summed E-state index contributed by atoms with van der Waals surface area (Å²) >= 11 is 0. The van der Waals surface area contributed by atoms with Crippen molar-refractivity contribution in [1.29, 1.82) is 0 Å². The minimum Gasteiger partial charge on any atom is -0.345 e. The van der Waals surface area contributed by atoms with E-state index in [2.05, 4.69) is 13.8 Å². The molecular formula is C9H19NO. The minimum absolute atomic E-state index is 0.461. The highest BCUT2D eigenvalue weighted by molar-refractivity contribution is 5.46. The van der Waals surface area contributed by atoms with Crippen LogP contribution in [0.1, 0.15) is 39.5 Å². The molecule has 11 heavy (non-hydrogen) atoms. The summed E-state index contributed by atoms with van der Waals surface area (Å²) in [5.41, 5.74) is 0. The van der Waals surface area contributed by atoms with Crippen molar-refractivity contribution in [3.05, 3.63) is 0 Å². The smallest absolute Gasteiger partial charge is 0.209 e. The van der Waals surface area contributed by atoms with Crippen LogP contribution in [0, 0.1) is 0 Å². The third kappa shape index (κ3) is 4.02. The van der Waals surface area contributed by atoms with Crippen LogP contribution in [0.25, 0.3) is 0 Å². The quantitative estimate of drug-likeness (QED) is 0.540. The molecule has 0 spiro atoms. The summed E-state index contributed by atoms with van der Waals surface area (Å²) in [5.74, 6) is 0. The van der Waals surface area contributed by atoms with E-state index < -0.39 is 0 Å². The lowest BCUT2D eigenvalue weighted by molar-refractivity contribution is -0.119. The van der Waals surface area contributed by atoms with E-state index in [-0.39, 0.29) is 0 Å². The van der Waals surface area contributed by atoms with Gasteiger partial charge in [0.1, 0.15) is 0 Å². The second-order valence-corrected chi connectivity index (χ2v) is 3.00. The number of carbonyl (C=O) groups is 1. The molecule has 2 heteroatoms. The molecule has 0 radical (unpaired) electrons. The Balaban J connectivity index is 3.75. The van der Waals surface area contributed by atoms with E-state index in [9.17, 15) is 4.79 Å². The van der Waals surface area contributed by atoms with Gasteiger partial charge in [-0.15, -0.1) is 0 Å². The van der Waals surface area contributed by atoms with Crippen LogP contribution in [0.2, 0.25) is 0 Å². The zero-order chi connectivity index (χ0) is 8.69. The Hall–Kier alpha value is -0.530. The minimum atomic E-state index is 0.461. The fourth-order valence-corrected chi connectivity index (χ4v) is 1.30. The van der Waals surface area contributed by atoms with Crippen molar-refractivity contribution in [3.8, 4) is 0 Å². The molecule has 0 aromatic carbocycles. The highest BCUT2D eigenvalue weighted by atomic mass is 16.1. The molecule has 0 saturated carbocycles. The predicted octanol–water partition coefficient (Wildman–Crippen LogP) is 2.04. The standard InChI is InChI=1S/C9H19NO/c1-4-6-9(7-5-2)10(3)8-11/h8-9H,4-7H2,1-3H3. The number of carbonyl (C=O) groups excluding carboxylic acids is 1. The van der Waals surface area contributed by atoms with Crippen molar-refractivity contribution in [2.45, 2.75) is 45.6 Å². The van der Waals surface area contributed by atoms with E-state index >= 15 is 0 Å². The van der Waals surface area contributed by atoms with Crippen molar-refractivity contribution >= 4 is 6.41 Å². The fourth-order valence-electron chi connectivity index (χ4n) is 1.30. The zero-order valence-corrected chi connectivity index (χ0v) is 7.84. The van der Waals surface area contributed by atoms with Gasteiger partial charge in [0, 0.05) is 13.1 Å². The van der Waals surface area contributed by atoms with Crippen LogP contribution in [0.15, 0.2) is 0 Å². The van der Waals surface area contributed by atoms with Gasteiger partial charge in [-0.25, -0.2) is 0 Å². The summed E-state index contributed by atoms with van der Waals surface area (Å²) in [6.07, 6.45) is 5.49. The third-order valence-electron chi connectivity index (χ3n) is 1.99. The second kappa shape index (κ2) is 6.20. The molecule has 0 saturated heterocycles. The van der Waals surface area contributed by atoms with Crippen molar-refractivity contribution in [1.82, 2.24) is 4.90 Å². The molecule has 0 aliphatic carbocycles. The third-order valence-corrected chi connectivity index (χ3v) is 1.99. The highest BCUT2D eigenvalue weighted by Crippen LogP contribution is 2.09. The molecule has 2 nitrogen and oxygen atoms in total. The Morgan fingerprint density at radius 2 is 1.73 bits per heavy atom. The first-order valence-electron chi connectivity index (χ1n) is 4.43. The molecule has 0 aromatic heterocycles. The van der Waals surface area contributed by atoms with Gasteiger partial charge >= 0.3 is 0 Å². The molecule has 66 valence electrons. The molecule has 0 unspecified atom stereocenters. The molecular weight excluding hydrogens is 138 g/mol. The summed E-state index contributed by atoms with van der Waals surface area (Å²) in [4.78, 5) is 12.2. The number of rotatable bonds is 6. The SMILES string of the molecule is CCCC(CCC)N(C)C=O. The van der Waals surface area contributed by atoms with Crippen LogP contribution in [0.3, 0.4) is 0 Å². The van der Waals surface area contributed by atoms with Crippen LogP contribution in [-0.4, -0.2) is 24.4 Å². The molecule has 0 aliphatic rings. The van der Waals surface area contributed by atoms with E-state index in [0.29, 0.717) is 6.04 Å². The molecule has 1 amide bonds. The lowest BCUT2D eigenvalue weighted by atomic mass is 10.1. The highest BCUT2D eigenvalue weighted by Gasteiger charge is 2.09. The lowest BCUT2D eigenvalue weighted by Crippen LogP contribution is -2.30. The van der Waals surface area contributed by atoms with Crippen LogP contribution >= 0.6 is 0 Å². The molecule has 0 fully saturated rings. The Labute approximate surface area is 69.6 Å². The molecule has 0 rings (SSSR count). The summed E-state index contributed by atoms with van der Waals surface area (Å²) in [7, 11) is 1.86. The van der Waals surface area contributed by atoms with Gasteiger partial charge < -0.3 is 4.90 Å². The van der Waals surface area contributed by atoms with Gasteiger partial charge in [0.05, 0.1) is 0 Å². The van der Waals surface area contributed by atoms with E-state index in [0.717, 1.165) is 32.1 Å². The molecule has 0 atom stereocenters. The van der Waals surface area contributed by atoms with Crippen LogP contribution in [0.5, 0.6) is 0 Å². The van der Waals surface area contributed by atoms with Gasteiger partial charge in [-0.3, -0.25) is 4.79 Å². The van der Waals surface area contributed by atoms with Crippen molar-refractivity contribution in [2.24, 2.45) is 0 Å². The fraction of sp³-hybridized carbons (Fsp3) is 0.889. The molecule has 0 aromatic rings. The molecule has 0 N–H and O–H groups in total. The summed E-state index contributed by atoms with van der Waals surface area (Å²) < 4.78 is 0. The lowest BCUT2D eigenvalue weighted by Gasteiger charge is -2.23.